The summed E-state index contributed by atoms with van der Waals surface area (Å²) in [5.74, 6) is -1.82. The second kappa shape index (κ2) is 5.79. The van der Waals surface area contributed by atoms with Crippen LogP contribution in [0, 0.1) is 11.7 Å². The molecule has 2 unspecified atom stereocenters. The molecule has 0 aromatic heterocycles. The van der Waals surface area contributed by atoms with Gasteiger partial charge in [-0.3, -0.25) is 9.59 Å². The molecule has 2 aliphatic rings. The van der Waals surface area contributed by atoms with E-state index in [0.717, 1.165) is 25.3 Å². The number of halogens is 1. The highest BCUT2D eigenvalue weighted by atomic mass is 19.1. The summed E-state index contributed by atoms with van der Waals surface area (Å²) in [4.78, 5) is 24.6. The average Bonchev–Trinajstić information content (AvgIpc) is 2.82. The van der Waals surface area contributed by atoms with Crippen molar-refractivity contribution in [3.05, 3.63) is 35.8 Å². The normalized spacial score (nSPS) is 24.0. The Morgan fingerprint density at radius 2 is 2.18 bits per heavy atom. The van der Waals surface area contributed by atoms with Gasteiger partial charge in [0.2, 0.25) is 0 Å². The lowest BCUT2D eigenvalue weighted by Crippen LogP contribution is -2.33. The molecule has 3 rings (SSSR count). The summed E-state index contributed by atoms with van der Waals surface area (Å²) >= 11 is 0. The maximum Gasteiger partial charge on any atom is 0.253 e. The van der Waals surface area contributed by atoms with E-state index in [1.165, 1.54) is 12.1 Å². The van der Waals surface area contributed by atoms with Crippen LogP contribution in [0.1, 0.15) is 25.7 Å². The predicted octanol–water partition coefficient (Wildman–Crippen LogP) is 2.08. The Hall–Kier alpha value is -2.37. The Labute approximate surface area is 127 Å². The van der Waals surface area contributed by atoms with Crippen molar-refractivity contribution in [1.82, 2.24) is 5.32 Å². The van der Waals surface area contributed by atoms with Crippen LogP contribution in [0.2, 0.25) is 0 Å². The third-order valence-electron chi connectivity index (χ3n) is 4.19. The van der Waals surface area contributed by atoms with Gasteiger partial charge in [-0.05, 0) is 25.0 Å². The van der Waals surface area contributed by atoms with Crippen molar-refractivity contribution >= 4 is 17.4 Å². The molecule has 2 atom stereocenters. The van der Waals surface area contributed by atoms with Crippen LogP contribution >= 0.6 is 0 Å². The van der Waals surface area contributed by atoms with Gasteiger partial charge in [0, 0.05) is 30.3 Å². The van der Waals surface area contributed by atoms with Crippen molar-refractivity contribution < 1.29 is 19.1 Å². The summed E-state index contributed by atoms with van der Waals surface area (Å²) in [6.45, 7) is 0. The molecule has 1 aromatic rings. The summed E-state index contributed by atoms with van der Waals surface area (Å²) in [5.41, 5.74) is 0.331. The van der Waals surface area contributed by atoms with E-state index in [-0.39, 0.29) is 23.3 Å². The maximum absolute atomic E-state index is 13.7. The van der Waals surface area contributed by atoms with Crippen molar-refractivity contribution in [1.29, 1.82) is 0 Å². The van der Waals surface area contributed by atoms with Crippen molar-refractivity contribution in [2.45, 2.75) is 31.7 Å². The van der Waals surface area contributed by atoms with Gasteiger partial charge in [-0.2, -0.15) is 0 Å². The van der Waals surface area contributed by atoms with E-state index in [2.05, 4.69) is 10.6 Å². The van der Waals surface area contributed by atoms with Crippen LogP contribution in [0.4, 0.5) is 10.1 Å². The maximum atomic E-state index is 13.7. The highest BCUT2D eigenvalue weighted by Crippen LogP contribution is 2.31. The lowest BCUT2D eigenvalue weighted by atomic mass is 9.89. The number of nitrogens with one attached hydrogen (secondary N) is 2. The van der Waals surface area contributed by atoms with Crippen LogP contribution < -0.4 is 10.6 Å². The quantitative estimate of drug-likeness (QED) is 0.731. The number of benzene rings is 1. The number of carbonyl (C=O) groups excluding carboxylic acids is 2. The molecule has 5 nitrogen and oxygen atoms in total. The molecule has 116 valence electrons. The Morgan fingerprint density at radius 1 is 1.36 bits per heavy atom. The van der Waals surface area contributed by atoms with E-state index < -0.39 is 17.6 Å². The summed E-state index contributed by atoms with van der Waals surface area (Å²) in [6.07, 6.45) is 4.68. The lowest BCUT2D eigenvalue weighted by molar-refractivity contribution is -0.123. The Balaban J connectivity index is 1.78. The molecular weight excluding hydrogens is 287 g/mol. The lowest BCUT2D eigenvalue weighted by Gasteiger charge is -2.18. The van der Waals surface area contributed by atoms with Gasteiger partial charge in [0.25, 0.3) is 5.91 Å². The minimum Gasteiger partial charge on any atom is -0.508 e. The van der Waals surface area contributed by atoms with Crippen molar-refractivity contribution in [3.8, 4) is 5.75 Å². The molecule has 1 aliphatic carbocycles. The number of ketones is 1. The minimum absolute atomic E-state index is 0.0202. The Morgan fingerprint density at radius 3 is 2.95 bits per heavy atom. The smallest absolute Gasteiger partial charge is 0.253 e. The Bertz CT molecular complexity index is 657. The molecule has 0 bridgehead atoms. The highest BCUT2D eigenvalue weighted by Gasteiger charge is 2.39. The van der Waals surface area contributed by atoms with Crippen LogP contribution in [0.3, 0.4) is 0 Å². The van der Waals surface area contributed by atoms with Gasteiger partial charge in [-0.15, -0.1) is 0 Å². The molecule has 3 N–H and O–H groups in total. The third-order valence-corrected chi connectivity index (χ3v) is 4.19. The van der Waals surface area contributed by atoms with Crippen LogP contribution in [-0.4, -0.2) is 22.8 Å². The standard InChI is InChI=1S/C16H17FN2O3/c17-11-7-9(20)5-6-12(11)19-16(22)10-8-18-13-3-1-2-4-14(21)15(10)13/h5-8,13,15,18,20H,1-4H2,(H,19,22). The summed E-state index contributed by atoms with van der Waals surface area (Å²) in [5, 5.41) is 14.7. The predicted molar refractivity (Wildman–Crippen MR) is 78.7 cm³/mol. The second-order valence-electron chi connectivity index (χ2n) is 5.68. The average molecular weight is 304 g/mol. The number of hydrogen-bond acceptors (Lipinski definition) is 4. The van der Waals surface area contributed by atoms with Crippen LogP contribution in [0.5, 0.6) is 5.75 Å². The number of carbonyl (C=O) groups is 2. The molecule has 1 aliphatic heterocycles. The summed E-state index contributed by atoms with van der Waals surface area (Å²) < 4.78 is 13.7. The molecule has 1 heterocycles. The van der Waals surface area contributed by atoms with Crippen LogP contribution in [0.15, 0.2) is 30.0 Å². The van der Waals surface area contributed by atoms with Crippen molar-refractivity contribution in [2.75, 3.05) is 5.32 Å². The first-order valence-electron chi connectivity index (χ1n) is 7.35. The number of fused-ring (bicyclic) bond motifs is 1. The molecule has 22 heavy (non-hydrogen) atoms. The zero-order valence-corrected chi connectivity index (χ0v) is 11.9. The summed E-state index contributed by atoms with van der Waals surface area (Å²) in [7, 11) is 0. The monoisotopic (exact) mass is 304 g/mol. The molecule has 0 saturated heterocycles. The molecule has 1 amide bonds. The van der Waals surface area contributed by atoms with Crippen LogP contribution in [0.25, 0.3) is 0 Å². The molecule has 1 fully saturated rings. The number of aromatic hydroxyl groups is 1. The number of amides is 1. The third kappa shape index (κ3) is 2.68. The fourth-order valence-electron chi connectivity index (χ4n) is 3.07. The van der Waals surface area contributed by atoms with Gasteiger partial charge < -0.3 is 15.7 Å². The van der Waals surface area contributed by atoms with E-state index in [1.54, 1.807) is 6.20 Å². The topological polar surface area (TPSA) is 78.4 Å². The SMILES string of the molecule is O=C(Nc1ccc(O)cc1F)C1=CNC2CCCCC(=O)C12. The van der Waals surface area contributed by atoms with Crippen LogP contribution in [-0.2, 0) is 9.59 Å². The molecule has 0 spiro atoms. The van der Waals surface area contributed by atoms with E-state index in [4.69, 9.17) is 0 Å². The largest absolute Gasteiger partial charge is 0.508 e. The number of hydrogen-bond donors (Lipinski definition) is 3. The molecule has 1 saturated carbocycles. The highest BCUT2D eigenvalue weighted by molar-refractivity contribution is 6.08. The van der Waals surface area contributed by atoms with Crippen molar-refractivity contribution in [2.24, 2.45) is 5.92 Å². The fourth-order valence-corrected chi connectivity index (χ4v) is 3.07. The van der Waals surface area contributed by atoms with Gasteiger partial charge in [-0.1, -0.05) is 6.42 Å². The number of anilines is 1. The second-order valence-corrected chi connectivity index (χ2v) is 5.68. The van der Waals surface area contributed by atoms with E-state index in [1.807, 2.05) is 0 Å². The number of rotatable bonds is 2. The minimum atomic E-state index is -0.719. The fraction of sp³-hybridized carbons (Fsp3) is 0.375. The molecule has 0 radical (unpaired) electrons. The number of phenolic OH excluding ortho intramolecular Hbond substituents is 1. The van der Waals surface area contributed by atoms with Gasteiger partial charge >= 0.3 is 0 Å². The van der Waals surface area contributed by atoms with E-state index >= 15 is 0 Å². The summed E-state index contributed by atoms with van der Waals surface area (Å²) in [6, 6.07) is 3.47. The molecular formula is C16H17FN2O3. The van der Waals surface area contributed by atoms with Crippen molar-refractivity contribution in [3.63, 3.8) is 0 Å². The molecule has 6 heteroatoms. The van der Waals surface area contributed by atoms with Gasteiger partial charge in [0.15, 0.2) is 0 Å². The number of Topliss-reactive ketones (excluding diaryl/α,β-unsaturated/α-hetero) is 1. The first kappa shape index (κ1) is 14.6. The van der Waals surface area contributed by atoms with Gasteiger partial charge in [0.05, 0.1) is 11.6 Å². The van der Waals surface area contributed by atoms with Gasteiger partial charge in [0.1, 0.15) is 17.3 Å². The molecule has 1 aromatic carbocycles. The Kier molecular flexibility index (Phi) is 3.83. The van der Waals surface area contributed by atoms with E-state index in [0.29, 0.717) is 12.0 Å². The number of phenols is 1. The zero-order chi connectivity index (χ0) is 15.7. The zero-order valence-electron chi connectivity index (χ0n) is 11.9. The van der Waals surface area contributed by atoms with Gasteiger partial charge in [-0.25, -0.2) is 4.39 Å². The van der Waals surface area contributed by atoms with E-state index in [9.17, 15) is 19.1 Å². The first-order chi connectivity index (χ1) is 10.6. The first-order valence-corrected chi connectivity index (χ1v) is 7.35.